The van der Waals surface area contributed by atoms with Gasteiger partial charge in [-0.25, -0.2) is 18.7 Å². The molecule has 21 heavy (non-hydrogen) atoms. The Labute approximate surface area is 122 Å². The molecule has 0 saturated carbocycles. The number of aryl methyl sites for hydroxylation is 1. The summed E-state index contributed by atoms with van der Waals surface area (Å²) in [7, 11) is 1.73. The van der Waals surface area contributed by atoms with E-state index >= 15 is 0 Å². The van der Waals surface area contributed by atoms with Gasteiger partial charge in [0.05, 0.1) is 0 Å². The molecule has 4 nitrogen and oxygen atoms in total. The van der Waals surface area contributed by atoms with Gasteiger partial charge in [-0.15, -0.1) is 0 Å². The van der Waals surface area contributed by atoms with E-state index in [0.29, 0.717) is 23.0 Å². The third-order valence-electron chi connectivity index (χ3n) is 3.05. The molecular formula is C15H18F2N4. The Morgan fingerprint density at radius 3 is 2.38 bits per heavy atom. The zero-order valence-electron chi connectivity index (χ0n) is 12.5. The molecule has 0 atom stereocenters. The predicted octanol–water partition coefficient (Wildman–Crippen LogP) is 3.97. The van der Waals surface area contributed by atoms with Crippen LogP contribution in [0.3, 0.4) is 0 Å². The molecule has 1 aromatic heterocycles. The number of anilines is 3. The van der Waals surface area contributed by atoms with Gasteiger partial charge in [0.25, 0.3) is 0 Å². The van der Waals surface area contributed by atoms with Crippen LogP contribution in [0.1, 0.15) is 31.2 Å². The van der Waals surface area contributed by atoms with Gasteiger partial charge < -0.3 is 10.6 Å². The van der Waals surface area contributed by atoms with E-state index in [4.69, 9.17) is 0 Å². The summed E-state index contributed by atoms with van der Waals surface area (Å²) < 4.78 is 27.8. The third kappa shape index (κ3) is 3.26. The van der Waals surface area contributed by atoms with Crippen LogP contribution in [0.4, 0.5) is 26.1 Å². The Morgan fingerprint density at radius 1 is 1.10 bits per heavy atom. The molecule has 0 unspecified atom stereocenters. The van der Waals surface area contributed by atoms with E-state index in [1.54, 1.807) is 20.0 Å². The van der Waals surface area contributed by atoms with Gasteiger partial charge in [0, 0.05) is 19.0 Å². The topological polar surface area (TPSA) is 49.8 Å². The Kier molecular flexibility index (Phi) is 4.35. The summed E-state index contributed by atoms with van der Waals surface area (Å²) in [5.74, 6) is 0.356. The van der Waals surface area contributed by atoms with Crippen molar-refractivity contribution >= 4 is 17.3 Å². The first-order chi connectivity index (χ1) is 9.92. The summed E-state index contributed by atoms with van der Waals surface area (Å²) in [6.07, 6.45) is 0. The van der Waals surface area contributed by atoms with Crippen molar-refractivity contribution in [2.45, 2.75) is 26.7 Å². The highest BCUT2D eigenvalue weighted by atomic mass is 19.1. The van der Waals surface area contributed by atoms with Gasteiger partial charge in [-0.2, -0.15) is 0 Å². The largest absolute Gasteiger partial charge is 0.373 e. The van der Waals surface area contributed by atoms with Crippen molar-refractivity contribution in [3.63, 3.8) is 0 Å². The minimum absolute atomic E-state index is 0.103. The number of aromatic nitrogens is 2. The van der Waals surface area contributed by atoms with E-state index in [2.05, 4.69) is 20.6 Å². The fourth-order valence-electron chi connectivity index (χ4n) is 1.82. The number of halogens is 2. The van der Waals surface area contributed by atoms with Crippen LogP contribution in [0, 0.1) is 18.6 Å². The molecule has 2 aromatic rings. The molecule has 2 N–H and O–H groups in total. The second-order valence-electron chi connectivity index (χ2n) is 5.08. The van der Waals surface area contributed by atoms with Crippen LogP contribution >= 0.6 is 0 Å². The SMILES string of the molecule is CNc1cc(Nc2c(F)ccc(C)c2F)nc(C(C)C)n1. The maximum absolute atomic E-state index is 14.0. The highest BCUT2D eigenvalue weighted by Gasteiger charge is 2.14. The van der Waals surface area contributed by atoms with Crippen molar-refractivity contribution in [3.8, 4) is 0 Å². The Morgan fingerprint density at radius 2 is 1.76 bits per heavy atom. The number of rotatable bonds is 4. The predicted molar refractivity (Wildman–Crippen MR) is 80.0 cm³/mol. The molecule has 0 aliphatic rings. The molecule has 0 aliphatic heterocycles. The lowest BCUT2D eigenvalue weighted by atomic mass is 10.2. The normalized spacial score (nSPS) is 10.8. The molecular weight excluding hydrogens is 274 g/mol. The van der Waals surface area contributed by atoms with E-state index in [9.17, 15) is 8.78 Å². The van der Waals surface area contributed by atoms with Crippen LogP contribution in [-0.2, 0) is 0 Å². The molecule has 1 heterocycles. The summed E-state index contributed by atoms with van der Waals surface area (Å²) in [5, 5.41) is 5.62. The maximum atomic E-state index is 14.0. The van der Waals surface area contributed by atoms with Crippen LogP contribution in [0.2, 0.25) is 0 Å². The first kappa shape index (κ1) is 15.2. The standard InChI is InChI=1S/C15H18F2N4/c1-8(2)15-20-11(18-4)7-12(21-15)19-14-10(16)6-5-9(3)13(14)17/h5-8H,1-4H3,(H2,18,19,20,21). The van der Waals surface area contributed by atoms with Crippen molar-refractivity contribution < 1.29 is 8.78 Å². The van der Waals surface area contributed by atoms with Crippen molar-refractivity contribution in [1.29, 1.82) is 0 Å². The smallest absolute Gasteiger partial charge is 0.152 e. The molecule has 0 radical (unpaired) electrons. The number of hydrogen-bond donors (Lipinski definition) is 2. The average Bonchev–Trinajstić information content (AvgIpc) is 2.47. The number of hydrogen-bond acceptors (Lipinski definition) is 4. The Hall–Kier alpha value is -2.24. The van der Waals surface area contributed by atoms with Crippen molar-refractivity contribution in [1.82, 2.24) is 9.97 Å². The summed E-state index contributed by atoms with van der Waals surface area (Å²) in [5.41, 5.74) is 0.163. The Bertz CT molecular complexity index is 656. The van der Waals surface area contributed by atoms with Crippen LogP contribution < -0.4 is 10.6 Å². The van der Waals surface area contributed by atoms with Gasteiger partial charge in [-0.05, 0) is 18.6 Å². The zero-order chi connectivity index (χ0) is 15.6. The van der Waals surface area contributed by atoms with Gasteiger partial charge in [0.1, 0.15) is 29.0 Å². The van der Waals surface area contributed by atoms with Crippen LogP contribution in [-0.4, -0.2) is 17.0 Å². The molecule has 0 aliphatic carbocycles. The van der Waals surface area contributed by atoms with Gasteiger partial charge in [0.15, 0.2) is 5.82 Å². The van der Waals surface area contributed by atoms with E-state index in [-0.39, 0.29) is 11.6 Å². The summed E-state index contributed by atoms with van der Waals surface area (Å²) in [4.78, 5) is 8.60. The maximum Gasteiger partial charge on any atom is 0.152 e. The lowest BCUT2D eigenvalue weighted by Gasteiger charge is -2.13. The quantitative estimate of drug-likeness (QED) is 0.895. The molecule has 1 aromatic carbocycles. The third-order valence-corrected chi connectivity index (χ3v) is 3.05. The second-order valence-corrected chi connectivity index (χ2v) is 5.08. The van der Waals surface area contributed by atoms with Crippen molar-refractivity contribution in [2.75, 3.05) is 17.7 Å². The van der Waals surface area contributed by atoms with Crippen molar-refractivity contribution in [3.05, 3.63) is 41.2 Å². The van der Waals surface area contributed by atoms with Gasteiger partial charge in [0.2, 0.25) is 0 Å². The minimum atomic E-state index is -0.659. The molecule has 0 bridgehead atoms. The summed E-state index contributed by atoms with van der Waals surface area (Å²) >= 11 is 0. The second kappa shape index (κ2) is 6.03. The lowest BCUT2D eigenvalue weighted by Crippen LogP contribution is -2.07. The van der Waals surface area contributed by atoms with E-state index in [0.717, 1.165) is 0 Å². The van der Waals surface area contributed by atoms with Crippen LogP contribution in [0.5, 0.6) is 0 Å². The molecule has 112 valence electrons. The first-order valence-electron chi connectivity index (χ1n) is 6.70. The van der Waals surface area contributed by atoms with Crippen molar-refractivity contribution in [2.24, 2.45) is 0 Å². The highest BCUT2D eigenvalue weighted by Crippen LogP contribution is 2.26. The van der Waals surface area contributed by atoms with Crippen LogP contribution in [0.15, 0.2) is 18.2 Å². The number of nitrogens with one attached hydrogen (secondary N) is 2. The summed E-state index contributed by atoms with van der Waals surface area (Å²) in [6, 6.07) is 4.23. The summed E-state index contributed by atoms with van der Waals surface area (Å²) in [6.45, 7) is 5.48. The van der Waals surface area contributed by atoms with E-state index in [1.165, 1.54) is 12.1 Å². The van der Waals surface area contributed by atoms with E-state index in [1.807, 2.05) is 13.8 Å². The monoisotopic (exact) mass is 292 g/mol. The fourth-order valence-corrected chi connectivity index (χ4v) is 1.82. The molecule has 0 spiro atoms. The first-order valence-corrected chi connectivity index (χ1v) is 6.70. The zero-order valence-corrected chi connectivity index (χ0v) is 12.5. The van der Waals surface area contributed by atoms with Gasteiger partial charge in [-0.3, -0.25) is 0 Å². The van der Waals surface area contributed by atoms with Gasteiger partial charge >= 0.3 is 0 Å². The molecule has 6 heteroatoms. The highest BCUT2D eigenvalue weighted by molar-refractivity contribution is 5.61. The minimum Gasteiger partial charge on any atom is -0.373 e. The number of benzene rings is 1. The molecule has 0 amide bonds. The molecule has 2 rings (SSSR count). The molecule has 0 saturated heterocycles. The van der Waals surface area contributed by atoms with E-state index < -0.39 is 11.6 Å². The van der Waals surface area contributed by atoms with Crippen LogP contribution in [0.25, 0.3) is 0 Å². The fraction of sp³-hybridized carbons (Fsp3) is 0.333. The molecule has 0 fully saturated rings. The van der Waals surface area contributed by atoms with Gasteiger partial charge in [-0.1, -0.05) is 19.9 Å². The number of nitrogens with zero attached hydrogens (tertiary/aromatic N) is 2. The Balaban J connectivity index is 2.44. The lowest BCUT2D eigenvalue weighted by molar-refractivity contribution is 0.584. The average molecular weight is 292 g/mol.